The summed E-state index contributed by atoms with van der Waals surface area (Å²) in [7, 11) is 3.30. The summed E-state index contributed by atoms with van der Waals surface area (Å²) in [6.07, 6.45) is 1.99. The molecule has 84 valence electrons. The van der Waals surface area contributed by atoms with Crippen molar-refractivity contribution in [3.8, 4) is 11.5 Å². The standard InChI is InChI=1S/C12H17ClO2/c1-4-5-11(13)10-8-9(14-2)6-7-12(10)15-3/h6-8,11H,4-5H2,1-3H3. The molecule has 1 aromatic carbocycles. The SMILES string of the molecule is CCCC(Cl)c1cc(OC)ccc1OC. The van der Waals surface area contributed by atoms with Crippen molar-refractivity contribution in [3.05, 3.63) is 23.8 Å². The molecule has 0 radical (unpaired) electrons. The molecule has 1 atom stereocenters. The van der Waals surface area contributed by atoms with Gasteiger partial charge >= 0.3 is 0 Å². The Morgan fingerprint density at radius 1 is 1.27 bits per heavy atom. The van der Waals surface area contributed by atoms with Gasteiger partial charge in [0.25, 0.3) is 0 Å². The third-order valence-corrected chi connectivity index (χ3v) is 2.77. The fourth-order valence-corrected chi connectivity index (χ4v) is 1.88. The molecular formula is C12H17ClO2. The fraction of sp³-hybridized carbons (Fsp3) is 0.500. The van der Waals surface area contributed by atoms with Gasteiger partial charge in [-0.1, -0.05) is 13.3 Å². The molecule has 0 spiro atoms. The topological polar surface area (TPSA) is 18.5 Å². The Labute approximate surface area is 96.2 Å². The summed E-state index contributed by atoms with van der Waals surface area (Å²) < 4.78 is 10.4. The molecular weight excluding hydrogens is 212 g/mol. The van der Waals surface area contributed by atoms with E-state index in [1.807, 2.05) is 18.2 Å². The van der Waals surface area contributed by atoms with E-state index in [9.17, 15) is 0 Å². The van der Waals surface area contributed by atoms with Gasteiger partial charge < -0.3 is 9.47 Å². The van der Waals surface area contributed by atoms with E-state index in [0.717, 1.165) is 29.9 Å². The minimum Gasteiger partial charge on any atom is -0.497 e. The molecule has 2 nitrogen and oxygen atoms in total. The van der Waals surface area contributed by atoms with Gasteiger partial charge in [0.15, 0.2) is 0 Å². The number of halogens is 1. The molecule has 0 heterocycles. The average molecular weight is 229 g/mol. The summed E-state index contributed by atoms with van der Waals surface area (Å²) in [5.74, 6) is 1.64. The Kier molecular flexibility index (Phi) is 4.76. The predicted molar refractivity (Wildman–Crippen MR) is 63.0 cm³/mol. The van der Waals surface area contributed by atoms with Crippen LogP contribution in [-0.4, -0.2) is 14.2 Å². The van der Waals surface area contributed by atoms with Gasteiger partial charge in [0.1, 0.15) is 11.5 Å². The summed E-state index contributed by atoms with van der Waals surface area (Å²) >= 11 is 6.28. The van der Waals surface area contributed by atoms with E-state index in [4.69, 9.17) is 21.1 Å². The molecule has 0 aliphatic carbocycles. The van der Waals surface area contributed by atoms with Crippen molar-refractivity contribution >= 4 is 11.6 Å². The third kappa shape index (κ3) is 3.03. The lowest BCUT2D eigenvalue weighted by Crippen LogP contribution is -1.96. The zero-order valence-corrected chi connectivity index (χ0v) is 10.2. The summed E-state index contributed by atoms with van der Waals surface area (Å²) in [5, 5.41) is -0.0138. The monoisotopic (exact) mass is 228 g/mol. The number of benzene rings is 1. The first-order valence-corrected chi connectivity index (χ1v) is 5.52. The van der Waals surface area contributed by atoms with Crippen LogP contribution < -0.4 is 9.47 Å². The molecule has 0 saturated carbocycles. The number of hydrogen-bond donors (Lipinski definition) is 0. The number of hydrogen-bond acceptors (Lipinski definition) is 2. The maximum atomic E-state index is 6.28. The summed E-state index contributed by atoms with van der Waals surface area (Å²) in [5.41, 5.74) is 1.00. The van der Waals surface area contributed by atoms with Gasteiger partial charge in [-0.2, -0.15) is 0 Å². The van der Waals surface area contributed by atoms with Crippen LogP contribution in [0.3, 0.4) is 0 Å². The molecule has 0 amide bonds. The van der Waals surface area contributed by atoms with Crippen LogP contribution in [-0.2, 0) is 0 Å². The van der Waals surface area contributed by atoms with Gasteiger partial charge in [0, 0.05) is 5.56 Å². The number of methoxy groups -OCH3 is 2. The van der Waals surface area contributed by atoms with E-state index in [1.54, 1.807) is 14.2 Å². The Morgan fingerprint density at radius 3 is 2.53 bits per heavy atom. The van der Waals surface area contributed by atoms with Gasteiger partial charge in [-0.15, -0.1) is 11.6 Å². The van der Waals surface area contributed by atoms with Crippen LogP contribution in [0, 0.1) is 0 Å². The summed E-state index contributed by atoms with van der Waals surface area (Å²) in [6, 6.07) is 5.70. The Bertz CT molecular complexity index is 312. The van der Waals surface area contributed by atoms with E-state index in [0.29, 0.717) is 0 Å². The maximum absolute atomic E-state index is 6.28. The molecule has 0 N–H and O–H groups in total. The van der Waals surface area contributed by atoms with Gasteiger partial charge in [-0.3, -0.25) is 0 Å². The highest BCUT2D eigenvalue weighted by Gasteiger charge is 2.13. The number of rotatable bonds is 5. The molecule has 0 saturated heterocycles. The Morgan fingerprint density at radius 2 is 2.00 bits per heavy atom. The normalized spacial score (nSPS) is 12.3. The summed E-state index contributed by atoms with van der Waals surface area (Å²) in [6.45, 7) is 2.11. The molecule has 1 unspecified atom stereocenters. The first-order valence-electron chi connectivity index (χ1n) is 5.09. The highest BCUT2D eigenvalue weighted by Crippen LogP contribution is 2.35. The lowest BCUT2D eigenvalue weighted by molar-refractivity contribution is 0.397. The van der Waals surface area contributed by atoms with E-state index in [1.165, 1.54) is 0 Å². The first-order chi connectivity index (χ1) is 7.22. The third-order valence-electron chi connectivity index (χ3n) is 2.32. The predicted octanol–water partition coefficient (Wildman–Crippen LogP) is 3.78. The molecule has 3 heteroatoms. The molecule has 15 heavy (non-hydrogen) atoms. The minimum absolute atomic E-state index is 0.0138. The molecule has 0 bridgehead atoms. The van der Waals surface area contributed by atoms with E-state index < -0.39 is 0 Å². The van der Waals surface area contributed by atoms with E-state index in [-0.39, 0.29) is 5.38 Å². The second-order valence-corrected chi connectivity index (χ2v) is 3.89. The van der Waals surface area contributed by atoms with Gasteiger partial charge in [-0.05, 0) is 24.6 Å². The van der Waals surface area contributed by atoms with Crippen LogP contribution in [0.1, 0.15) is 30.7 Å². The summed E-state index contributed by atoms with van der Waals surface area (Å²) in [4.78, 5) is 0. The van der Waals surface area contributed by atoms with Crippen molar-refractivity contribution in [1.82, 2.24) is 0 Å². The van der Waals surface area contributed by atoms with E-state index >= 15 is 0 Å². The fourth-order valence-electron chi connectivity index (χ4n) is 1.49. The van der Waals surface area contributed by atoms with Gasteiger partial charge in [0.05, 0.1) is 19.6 Å². The maximum Gasteiger partial charge on any atom is 0.123 e. The molecule has 0 aromatic heterocycles. The molecule has 1 rings (SSSR count). The average Bonchev–Trinajstić information content (AvgIpc) is 2.28. The van der Waals surface area contributed by atoms with E-state index in [2.05, 4.69) is 6.92 Å². The van der Waals surface area contributed by atoms with Crippen molar-refractivity contribution in [1.29, 1.82) is 0 Å². The zero-order valence-electron chi connectivity index (χ0n) is 9.42. The largest absolute Gasteiger partial charge is 0.497 e. The number of ether oxygens (including phenoxy) is 2. The van der Waals surface area contributed by atoms with Crippen LogP contribution in [0.15, 0.2) is 18.2 Å². The van der Waals surface area contributed by atoms with Crippen LogP contribution in [0.2, 0.25) is 0 Å². The van der Waals surface area contributed by atoms with Crippen LogP contribution >= 0.6 is 11.6 Å². The van der Waals surface area contributed by atoms with Crippen molar-refractivity contribution < 1.29 is 9.47 Å². The minimum atomic E-state index is -0.0138. The second kappa shape index (κ2) is 5.86. The Hall–Kier alpha value is -0.890. The molecule has 0 aliphatic rings. The van der Waals surface area contributed by atoms with Crippen LogP contribution in [0.5, 0.6) is 11.5 Å². The molecule has 0 aliphatic heterocycles. The first kappa shape index (κ1) is 12.2. The lowest BCUT2D eigenvalue weighted by Gasteiger charge is -2.14. The van der Waals surface area contributed by atoms with Crippen molar-refractivity contribution in [3.63, 3.8) is 0 Å². The highest BCUT2D eigenvalue weighted by atomic mass is 35.5. The Balaban J connectivity index is 3.00. The van der Waals surface area contributed by atoms with Crippen LogP contribution in [0.25, 0.3) is 0 Å². The quantitative estimate of drug-likeness (QED) is 0.714. The molecule has 1 aromatic rings. The smallest absolute Gasteiger partial charge is 0.123 e. The van der Waals surface area contributed by atoms with Crippen molar-refractivity contribution in [2.45, 2.75) is 25.1 Å². The van der Waals surface area contributed by atoms with Crippen molar-refractivity contribution in [2.24, 2.45) is 0 Å². The highest BCUT2D eigenvalue weighted by molar-refractivity contribution is 6.21. The lowest BCUT2D eigenvalue weighted by atomic mass is 10.1. The number of alkyl halides is 1. The zero-order chi connectivity index (χ0) is 11.3. The van der Waals surface area contributed by atoms with Gasteiger partial charge in [0.2, 0.25) is 0 Å². The van der Waals surface area contributed by atoms with Crippen LogP contribution in [0.4, 0.5) is 0 Å². The second-order valence-electron chi connectivity index (χ2n) is 3.36. The molecule has 0 fully saturated rings. The van der Waals surface area contributed by atoms with Crippen molar-refractivity contribution in [2.75, 3.05) is 14.2 Å². The van der Waals surface area contributed by atoms with Gasteiger partial charge in [-0.25, -0.2) is 0 Å².